The minimum atomic E-state index is -0.335. The van der Waals surface area contributed by atoms with Gasteiger partial charge >= 0.3 is 0 Å². The quantitative estimate of drug-likeness (QED) is 0.362. The number of hydrogen-bond acceptors (Lipinski definition) is 3. The number of carbonyl (C=O) groups is 1. The first-order valence-corrected chi connectivity index (χ1v) is 11.2. The lowest BCUT2D eigenvalue weighted by Gasteiger charge is -2.13. The monoisotopic (exact) mass is 498 g/mol. The third-order valence-electron chi connectivity index (χ3n) is 5.26. The third kappa shape index (κ3) is 4.36. The summed E-state index contributed by atoms with van der Waals surface area (Å²) in [6.07, 6.45) is 3.50. The van der Waals surface area contributed by atoms with E-state index in [0.717, 1.165) is 10.0 Å². The summed E-state index contributed by atoms with van der Waals surface area (Å²) in [4.78, 5) is 26.6. The maximum Gasteiger partial charge on any atom is 0.282 e. The van der Waals surface area contributed by atoms with Crippen LogP contribution < -0.4 is 10.9 Å². The van der Waals surface area contributed by atoms with Gasteiger partial charge in [0.25, 0.3) is 11.5 Å². The number of aromatic nitrogens is 3. The van der Waals surface area contributed by atoms with E-state index in [4.69, 9.17) is 0 Å². The van der Waals surface area contributed by atoms with Crippen molar-refractivity contribution >= 4 is 27.5 Å². The van der Waals surface area contributed by atoms with E-state index in [2.05, 4.69) is 26.3 Å². The minimum Gasteiger partial charge on any atom is -0.348 e. The zero-order chi connectivity index (χ0) is 22.8. The molecule has 2 aliphatic heterocycles. The summed E-state index contributed by atoms with van der Waals surface area (Å²) in [5.41, 5.74) is 3.16. The minimum absolute atomic E-state index is 0.268. The number of para-hydroxylation sites is 1. The topological polar surface area (TPSA) is 68.9 Å². The number of nitrogens with one attached hydrogen (secondary N) is 1. The molecule has 33 heavy (non-hydrogen) atoms. The maximum absolute atomic E-state index is 13.3. The zero-order valence-electron chi connectivity index (χ0n) is 17.5. The van der Waals surface area contributed by atoms with Crippen LogP contribution in [0.15, 0.2) is 107 Å². The fourth-order valence-electron chi connectivity index (χ4n) is 3.72. The molecule has 1 amide bonds. The van der Waals surface area contributed by atoms with Gasteiger partial charge in [0.1, 0.15) is 5.69 Å². The highest BCUT2D eigenvalue weighted by atomic mass is 79.9. The highest BCUT2D eigenvalue weighted by Gasteiger charge is 2.24. The fraction of sp³-hybridized carbons (Fsp3) is 0.0385. The molecule has 0 radical (unpaired) electrons. The molecule has 0 fully saturated rings. The summed E-state index contributed by atoms with van der Waals surface area (Å²) >= 11 is 3.42. The van der Waals surface area contributed by atoms with Crippen molar-refractivity contribution in [2.75, 3.05) is 5.32 Å². The number of carbonyl (C=O) groups excluding carboxylic acids is 1. The molecule has 0 aliphatic carbocycles. The summed E-state index contributed by atoms with van der Waals surface area (Å²) in [6.45, 7) is 0.518. The molecule has 0 atom stereocenters. The molecule has 0 spiro atoms. The Morgan fingerprint density at radius 3 is 2.36 bits per heavy atom. The zero-order valence-corrected chi connectivity index (χ0v) is 19.1. The van der Waals surface area contributed by atoms with Gasteiger partial charge in [0, 0.05) is 29.1 Å². The van der Waals surface area contributed by atoms with Gasteiger partial charge in [-0.2, -0.15) is 9.78 Å². The summed E-state index contributed by atoms with van der Waals surface area (Å²) < 4.78 is 4.05. The average molecular weight is 499 g/mol. The van der Waals surface area contributed by atoms with E-state index >= 15 is 0 Å². The van der Waals surface area contributed by atoms with Crippen LogP contribution in [-0.4, -0.2) is 20.3 Å². The molecule has 0 saturated heterocycles. The van der Waals surface area contributed by atoms with Crippen LogP contribution in [0.4, 0.5) is 5.69 Å². The highest BCUT2D eigenvalue weighted by Crippen LogP contribution is 2.24. The van der Waals surface area contributed by atoms with Crippen LogP contribution in [0.1, 0.15) is 15.9 Å². The molecule has 7 heteroatoms. The first kappa shape index (κ1) is 20.9. The van der Waals surface area contributed by atoms with Crippen molar-refractivity contribution in [1.29, 1.82) is 0 Å². The Morgan fingerprint density at radius 2 is 1.64 bits per heavy atom. The Hall–Kier alpha value is -3.97. The Morgan fingerprint density at radius 1 is 0.909 bits per heavy atom. The number of fused-ring (bicyclic) bond motifs is 1. The number of benzene rings is 3. The van der Waals surface area contributed by atoms with Gasteiger partial charge in [-0.3, -0.25) is 9.59 Å². The molecular weight excluding hydrogens is 480 g/mol. The van der Waals surface area contributed by atoms with Crippen molar-refractivity contribution in [3.63, 3.8) is 0 Å². The summed E-state index contributed by atoms with van der Waals surface area (Å²) in [6, 6.07) is 26.4. The van der Waals surface area contributed by atoms with Crippen LogP contribution in [-0.2, 0) is 6.54 Å². The smallest absolute Gasteiger partial charge is 0.282 e. The second kappa shape index (κ2) is 8.88. The molecule has 6 nitrogen and oxygen atoms in total. The van der Waals surface area contributed by atoms with E-state index in [0.29, 0.717) is 34.7 Å². The highest BCUT2D eigenvalue weighted by molar-refractivity contribution is 9.10. The van der Waals surface area contributed by atoms with Gasteiger partial charge in [-0.05, 0) is 35.9 Å². The second-order valence-corrected chi connectivity index (χ2v) is 8.52. The van der Waals surface area contributed by atoms with Crippen LogP contribution >= 0.6 is 15.9 Å². The molecular formula is C26H19BrN4O2. The second-order valence-electron chi connectivity index (χ2n) is 7.61. The van der Waals surface area contributed by atoms with Crippen LogP contribution in [0, 0.1) is 0 Å². The van der Waals surface area contributed by atoms with Gasteiger partial charge in [0.2, 0.25) is 0 Å². The molecule has 3 aromatic carbocycles. The molecule has 162 valence electrons. The molecule has 3 aromatic rings. The Balaban J connectivity index is 1.63. The van der Waals surface area contributed by atoms with Crippen molar-refractivity contribution in [2.24, 2.45) is 0 Å². The summed E-state index contributed by atoms with van der Waals surface area (Å²) in [5, 5.41) is 7.45. The Labute approximate surface area is 198 Å². The van der Waals surface area contributed by atoms with Crippen LogP contribution in [0.2, 0.25) is 0 Å². The van der Waals surface area contributed by atoms with Gasteiger partial charge in [-0.15, -0.1) is 0 Å². The molecule has 0 aromatic heterocycles. The average Bonchev–Trinajstić information content (AvgIpc) is 3.16. The molecule has 5 rings (SSSR count). The fourth-order valence-corrected chi connectivity index (χ4v) is 4.12. The van der Waals surface area contributed by atoms with E-state index in [1.54, 1.807) is 12.4 Å². The van der Waals surface area contributed by atoms with Gasteiger partial charge in [-0.25, -0.2) is 0 Å². The molecule has 0 unspecified atom stereocenters. The van der Waals surface area contributed by atoms with Gasteiger partial charge < -0.3 is 9.88 Å². The number of amides is 1. The molecule has 0 bridgehead atoms. The normalized spacial score (nSPS) is 10.9. The first-order valence-electron chi connectivity index (χ1n) is 10.4. The SMILES string of the molecule is O=C(Nc1cccc(Br)c1)c1cn(Cc2ccccc2)cc2c(=O)n(-c3ccccc3)nc1-2. The lowest BCUT2D eigenvalue weighted by molar-refractivity contribution is 0.102. The molecule has 1 N–H and O–H groups in total. The lowest BCUT2D eigenvalue weighted by atomic mass is 10.1. The number of hydrogen-bond donors (Lipinski definition) is 1. The predicted octanol–water partition coefficient (Wildman–Crippen LogP) is 5.20. The first-order chi connectivity index (χ1) is 16.1. The van der Waals surface area contributed by atoms with E-state index in [1.807, 2.05) is 89.5 Å². The van der Waals surface area contributed by atoms with Crippen molar-refractivity contribution in [2.45, 2.75) is 6.54 Å². The van der Waals surface area contributed by atoms with Gasteiger partial charge in [0.05, 0.1) is 16.8 Å². The maximum atomic E-state index is 13.3. The molecule has 0 saturated carbocycles. The van der Waals surface area contributed by atoms with Crippen molar-refractivity contribution in [3.05, 3.63) is 123 Å². The van der Waals surface area contributed by atoms with Crippen molar-refractivity contribution < 1.29 is 4.79 Å². The molecule has 2 heterocycles. The van der Waals surface area contributed by atoms with E-state index < -0.39 is 0 Å². The Bertz CT molecular complexity index is 1460. The van der Waals surface area contributed by atoms with Gasteiger partial charge in [-0.1, -0.05) is 70.5 Å². The number of rotatable bonds is 5. The summed E-state index contributed by atoms with van der Waals surface area (Å²) in [5.74, 6) is -0.335. The summed E-state index contributed by atoms with van der Waals surface area (Å²) in [7, 11) is 0. The van der Waals surface area contributed by atoms with Gasteiger partial charge in [0.15, 0.2) is 0 Å². The van der Waals surface area contributed by atoms with Crippen LogP contribution in [0.5, 0.6) is 0 Å². The predicted molar refractivity (Wildman–Crippen MR) is 132 cm³/mol. The largest absolute Gasteiger partial charge is 0.348 e. The number of nitrogens with zero attached hydrogens (tertiary/aromatic N) is 3. The standard InChI is InChI=1S/C26H19BrN4O2/c27-19-10-7-11-20(14-19)28-25(32)22-16-30(15-18-8-3-1-4-9-18)17-23-24(22)29-31(26(23)33)21-12-5-2-6-13-21/h1-14,16-17H,15H2,(H,28,32). The van der Waals surface area contributed by atoms with Crippen LogP contribution in [0.3, 0.4) is 0 Å². The number of halogens is 1. The molecule has 2 aliphatic rings. The third-order valence-corrected chi connectivity index (χ3v) is 5.75. The Kier molecular flexibility index (Phi) is 5.62. The van der Waals surface area contributed by atoms with E-state index in [9.17, 15) is 9.59 Å². The van der Waals surface area contributed by atoms with E-state index in [1.165, 1.54) is 4.68 Å². The van der Waals surface area contributed by atoms with Crippen molar-refractivity contribution in [3.8, 4) is 16.9 Å². The van der Waals surface area contributed by atoms with Crippen molar-refractivity contribution in [1.82, 2.24) is 14.3 Å². The van der Waals surface area contributed by atoms with E-state index in [-0.39, 0.29) is 11.5 Å². The van der Waals surface area contributed by atoms with Crippen LogP contribution in [0.25, 0.3) is 16.9 Å². The lowest BCUT2D eigenvalue weighted by Crippen LogP contribution is -2.18. The number of pyridine rings is 1. The number of anilines is 1.